The first-order valence-electron chi connectivity index (χ1n) is 8.91. The molecule has 1 aromatic heterocycles. The van der Waals surface area contributed by atoms with Gasteiger partial charge in [0.05, 0.1) is 31.7 Å². The van der Waals surface area contributed by atoms with Crippen LogP contribution in [0.5, 0.6) is 11.5 Å². The van der Waals surface area contributed by atoms with Crippen molar-refractivity contribution in [2.24, 2.45) is 0 Å². The second-order valence-corrected chi connectivity index (χ2v) is 6.71. The van der Waals surface area contributed by atoms with Crippen molar-refractivity contribution in [3.05, 3.63) is 65.4 Å². The fourth-order valence-electron chi connectivity index (χ4n) is 3.17. The molecule has 1 N–H and O–H groups in total. The summed E-state index contributed by atoms with van der Waals surface area (Å²) in [6.07, 6.45) is -2.64. The van der Waals surface area contributed by atoms with Crippen LogP contribution in [0.15, 0.2) is 48.7 Å². The Morgan fingerprint density at radius 3 is 2.52 bits per heavy atom. The van der Waals surface area contributed by atoms with Crippen LogP contribution in [0.2, 0.25) is 0 Å². The summed E-state index contributed by atoms with van der Waals surface area (Å²) in [5.74, 6) is 1.31. The van der Waals surface area contributed by atoms with Crippen LogP contribution in [0, 0.1) is 0 Å². The Hall–Kier alpha value is -3.00. The number of nitrogens with zero attached hydrogens (tertiary/aromatic N) is 2. The zero-order valence-corrected chi connectivity index (χ0v) is 16.4. The molecule has 5 nitrogen and oxygen atoms in total. The molecule has 29 heavy (non-hydrogen) atoms. The van der Waals surface area contributed by atoms with E-state index < -0.39 is 11.7 Å². The fraction of sp³-hybridized carbons (Fsp3) is 0.286. The van der Waals surface area contributed by atoms with Crippen molar-refractivity contribution >= 4 is 0 Å². The summed E-state index contributed by atoms with van der Waals surface area (Å²) in [6, 6.07) is 10.9. The van der Waals surface area contributed by atoms with Gasteiger partial charge in [-0.2, -0.15) is 18.3 Å². The van der Waals surface area contributed by atoms with Crippen LogP contribution in [0.1, 0.15) is 16.7 Å². The van der Waals surface area contributed by atoms with Gasteiger partial charge in [0.1, 0.15) is 11.5 Å². The minimum absolute atomic E-state index is 0.369. The number of methoxy groups -OCH3 is 2. The summed E-state index contributed by atoms with van der Waals surface area (Å²) in [5.41, 5.74) is 2.47. The van der Waals surface area contributed by atoms with Gasteiger partial charge < -0.3 is 9.47 Å². The van der Waals surface area contributed by atoms with E-state index in [0.29, 0.717) is 30.2 Å². The topological polar surface area (TPSA) is 50.4 Å². The molecular formula is C21H22F3N3O2. The molecule has 0 aliphatic carbocycles. The molecule has 0 saturated carbocycles. The number of aromatic nitrogens is 2. The second kappa shape index (κ2) is 8.57. The SMILES string of the molecule is COc1ccc(-c2[nH]ncc2CN(C)Cc2cccc(C(F)(F)F)c2)c(OC)c1. The summed E-state index contributed by atoms with van der Waals surface area (Å²) >= 11 is 0. The van der Waals surface area contributed by atoms with Crippen LogP contribution in [0.4, 0.5) is 13.2 Å². The first-order chi connectivity index (χ1) is 13.8. The van der Waals surface area contributed by atoms with Crippen molar-refractivity contribution in [1.82, 2.24) is 15.1 Å². The van der Waals surface area contributed by atoms with Crippen molar-refractivity contribution in [2.45, 2.75) is 19.3 Å². The lowest BCUT2D eigenvalue weighted by atomic mass is 10.1. The molecule has 0 bridgehead atoms. The monoisotopic (exact) mass is 405 g/mol. The van der Waals surface area contributed by atoms with Crippen LogP contribution >= 0.6 is 0 Å². The molecule has 8 heteroatoms. The molecule has 0 spiro atoms. The van der Waals surface area contributed by atoms with E-state index in [2.05, 4.69) is 10.2 Å². The van der Waals surface area contributed by atoms with Crippen LogP contribution in [-0.2, 0) is 19.3 Å². The van der Waals surface area contributed by atoms with Crippen molar-refractivity contribution in [3.8, 4) is 22.8 Å². The molecule has 2 aromatic carbocycles. The van der Waals surface area contributed by atoms with Gasteiger partial charge in [0.25, 0.3) is 0 Å². The van der Waals surface area contributed by atoms with Crippen molar-refractivity contribution in [2.75, 3.05) is 21.3 Å². The van der Waals surface area contributed by atoms with Crippen LogP contribution in [0.3, 0.4) is 0 Å². The third-order valence-electron chi connectivity index (χ3n) is 4.54. The average Bonchev–Trinajstić information content (AvgIpc) is 3.14. The lowest BCUT2D eigenvalue weighted by molar-refractivity contribution is -0.137. The van der Waals surface area contributed by atoms with Crippen LogP contribution < -0.4 is 9.47 Å². The van der Waals surface area contributed by atoms with Gasteiger partial charge in [-0.3, -0.25) is 10.00 Å². The van der Waals surface area contributed by atoms with Gasteiger partial charge in [0.15, 0.2) is 0 Å². The minimum Gasteiger partial charge on any atom is -0.497 e. The normalized spacial score (nSPS) is 11.7. The van der Waals surface area contributed by atoms with E-state index in [4.69, 9.17) is 9.47 Å². The van der Waals surface area contributed by atoms with E-state index in [-0.39, 0.29) is 0 Å². The molecule has 0 aliphatic rings. The average molecular weight is 405 g/mol. The number of H-pyrrole nitrogens is 1. The molecule has 154 valence electrons. The Balaban J connectivity index is 1.79. The van der Waals surface area contributed by atoms with E-state index in [9.17, 15) is 13.2 Å². The number of ether oxygens (including phenoxy) is 2. The number of rotatable bonds is 7. The molecule has 0 fully saturated rings. The van der Waals surface area contributed by atoms with Crippen LogP contribution in [-0.4, -0.2) is 36.4 Å². The fourth-order valence-corrected chi connectivity index (χ4v) is 3.17. The van der Waals surface area contributed by atoms with Crippen LogP contribution in [0.25, 0.3) is 11.3 Å². The largest absolute Gasteiger partial charge is 0.497 e. The van der Waals surface area contributed by atoms with E-state index in [1.165, 1.54) is 12.1 Å². The maximum atomic E-state index is 12.9. The maximum Gasteiger partial charge on any atom is 0.416 e. The van der Waals surface area contributed by atoms with Gasteiger partial charge in [0.2, 0.25) is 0 Å². The quantitative estimate of drug-likeness (QED) is 0.617. The predicted octanol–water partition coefficient (Wildman–Crippen LogP) is 4.74. The lowest BCUT2D eigenvalue weighted by Gasteiger charge is -2.18. The highest BCUT2D eigenvalue weighted by atomic mass is 19.4. The minimum atomic E-state index is -4.35. The molecule has 0 atom stereocenters. The van der Waals surface area contributed by atoms with Crippen molar-refractivity contribution < 1.29 is 22.6 Å². The molecule has 0 amide bonds. The summed E-state index contributed by atoms with van der Waals surface area (Å²) in [4.78, 5) is 1.93. The molecule has 3 aromatic rings. The zero-order valence-electron chi connectivity index (χ0n) is 16.4. The van der Waals surface area contributed by atoms with E-state index in [1.807, 2.05) is 24.1 Å². The number of benzene rings is 2. The van der Waals surface area contributed by atoms with E-state index >= 15 is 0 Å². The molecule has 0 aliphatic heterocycles. The number of hydrogen-bond acceptors (Lipinski definition) is 4. The van der Waals surface area contributed by atoms with Gasteiger partial charge in [-0.15, -0.1) is 0 Å². The smallest absolute Gasteiger partial charge is 0.416 e. The van der Waals surface area contributed by atoms with Gasteiger partial charge >= 0.3 is 6.18 Å². The Morgan fingerprint density at radius 2 is 1.83 bits per heavy atom. The molecule has 0 unspecified atom stereocenters. The Labute approximate surface area is 167 Å². The maximum absolute atomic E-state index is 12.9. The third kappa shape index (κ3) is 4.89. The Kier molecular flexibility index (Phi) is 6.12. The summed E-state index contributed by atoms with van der Waals surface area (Å²) in [5, 5.41) is 7.12. The standard InChI is InChI=1S/C21H22F3N3O2/c1-27(12-14-5-4-6-16(9-14)21(22,23)24)13-15-11-25-26-20(15)18-8-7-17(28-2)10-19(18)29-3/h4-11H,12-13H2,1-3H3,(H,25,26). The van der Waals surface area contributed by atoms with Gasteiger partial charge in [-0.25, -0.2) is 0 Å². The first-order valence-corrected chi connectivity index (χ1v) is 8.91. The molecule has 0 radical (unpaired) electrons. The highest BCUT2D eigenvalue weighted by Crippen LogP contribution is 2.34. The number of nitrogens with one attached hydrogen (secondary N) is 1. The first kappa shape index (κ1) is 20.7. The second-order valence-electron chi connectivity index (χ2n) is 6.71. The summed E-state index contributed by atoms with van der Waals surface area (Å²) < 4.78 is 49.5. The number of hydrogen-bond donors (Lipinski definition) is 1. The lowest BCUT2D eigenvalue weighted by Crippen LogP contribution is -2.18. The van der Waals surface area contributed by atoms with Gasteiger partial charge in [0, 0.05) is 30.3 Å². The molecule has 0 saturated heterocycles. The molecule has 3 rings (SSSR count). The number of alkyl halides is 3. The highest BCUT2D eigenvalue weighted by molar-refractivity contribution is 5.71. The Morgan fingerprint density at radius 1 is 1.03 bits per heavy atom. The van der Waals surface area contributed by atoms with E-state index in [1.54, 1.807) is 32.5 Å². The van der Waals surface area contributed by atoms with Crippen molar-refractivity contribution in [1.29, 1.82) is 0 Å². The predicted molar refractivity (Wildman–Crippen MR) is 104 cm³/mol. The molecule has 1 heterocycles. The van der Waals surface area contributed by atoms with E-state index in [0.717, 1.165) is 22.9 Å². The van der Waals surface area contributed by atoms with Gasteiger partial charge in [-0.1, -0.05) is 18.2 Å². The van der Waals surface area contributed by atoms with Gasteiger partial charge in [-0.05, 0) is 30.8 Å². The third-order valence-corrected chi connectivity index (χ3v) is 4.54. The highest BCUT2D eigenvalue weighted by Gasteiger charge is 2.30. The zero-order chi connectivity index (χ0) is 21.0. The summed E-state index contributed by atoms with van der Waals surface area (Å²) in [7, 11) is 5.01. The molecular weight excluding hydrogens is 383 g/mol. The number of halogens is 3. The van der Waals surface area contributed by atoms with Crippen molar-refractivity contribution in [3.63, 3.8) is 0 Å². The Bertz CT molecular complexity index is 970. The number of aromatic amines is 1. The summed E-state index contributed by atoms with van der Waals surface area (Å²) in [6.45, 7) is 0.867.